The van der Waals surface area contributed by atoms with Gasteiger partial charge >= 0.3 is 0 Å². The van der Waals surface area contributed by atoms with Gasteiger partial charge in [0.2, 0.25) is 0 Å². The summed E-state index contributed by atoms with van der Waals surface area (Å²) in [7, 11) is 3.32. The van der Waals surface area contributed by atoms with E-state index in [-0.39, 0.29) is 0 Å². The molecule has 0 saturated carbocycles. The van der Waals surface area contributed by atoms with E-state index in [0.717, 1.165) is 33.6 Å². The molecular weight excluding hydrogens is 296 g/mol. The minimum Gasteiger partial charge on any atom is -0.497 e. The fourth-order valence-corrected chi connectivity index (χ4v) is 2.87. The number of rotatable bonds is 5. The van der Waals surface area contributed by atoms with Crippen molar-refractivity contribution in [3.05, 3.63) is 53.9 Å². The summed E-state index contributed by atoms with van der Waals surface area (Å²) in [5, 5.41) is 6.14. The van der Waals surface area contributed by atoms with Gasteiger partial charge in [0.05, 0.1) is 19.9 Å². The number of anilines is 2. The Bertz CT molecular complexity index is 771. The summed E-state index contributed by atoms with van der Waals surface area (Å²) in [5.41, 5.74) is 2.83. The monoisotopic (exact) mass is 312 g/mol. The van der Waals surface area contributed by atoms with E-state index < -0.39 is 0 Å². The molecule has 3 rings (SSSR count). The molecule has 0 aliphatic heterocycles. The third-order valence-electron chi connectivity index (χ3n) is 3.21. The lowest BCUT2D eigenvalue weighted by Crippen LogP contribution is -1.91. The van der Waals surface area contributed by atoms with Gasteiger partial charge in [0.1, 0.15) is 11.5 Å². The van der Waals surface area contributed by atoms with Crippen LogP contribution in [-0.4, -0.2) is 19.2 Å². The molecule has 0 radical (unpaired) electrons. The SMILES string of the molecule is COc1cccc(Nc2nc(-c3ccccc3OC)cs2)c1. The topological polar surface area (TPSA) is 43.4 Å². The van der Waals surface area contributed by atoms with Crippen LogP contribution in [0.2, 0.25) is 0 Å². The highest BCUT2D eigenvalue weighted by atomic mass is 32.1. The van der Waals surface area contributed by atoms with Crippen LogP contribution in [0.5, 0.6) is 11.5 Å². The first-order chi connectivity index (χ1) is 10.8. The van der Waals surface area contributed by atoms with Crippen LogP contribution in [0.3, 0.4) is 0 Å². The van der Waals surface area contributed by atoms with Gasteiger partial charge in [0, 0.05) is 22.7 Å². The number of hydrogen-bond donors (Lipinski definition) is 1. The number of thiazole rings is 1. The van der Waals surface area contributed by atoms with E-state index in [0.29, 0.717) is 0 Å². The predicted molar refractivity (Wildman–Crippen MR) is 90.4 cm³/mol. The Labute approximate surface area is 133 Å². The van der Waals surface area contributed by atoms with Gasteiger partial charge in [-0.1, -0.05) is 18.2 Å². The molecule has 0 bridgehead atoms. The second-order valence-corrected chi connectivity index (χ2v) is 5.45. The minimum atomic E-state index is 0.812. The van der Waals surface area contributed by atoms with Crippen LogP contribution in [0.1, 0.15) is 0 Å². The van der Waals surface area contributed by atoms with Crippen molar-refractivity contribution < 1.29 is 9.47 Å². The summed E-state index contributed by atoms with van der Waals surface area (Å²) in [4.78, 5) is 4.63. The van der Waals surface area contributed by atoms with Crippen LogP contribution in [-0.2, 0) is 0 Å². The lowest BCUT2D eigenvalue weighted by atomic mass is 10.1. The summed E-state index contributed by atoms with van der Waals surface area (Å²) in [6.45, 7) is 0. The Balaban J connectivity index is 1.84. The van der Waals surface area contributed by atoms with Crippen LogP contribution in [0, 0.1) is 0 Å². The van der Waals surface area contributed by atoms with Crippen molar-refractivity contribution in [2.45, 2.75) is 0 Å². The first kappa shape index (κ1) is 14.4. The fourth-order valence-electron chi connectivity index (χ4n) is 2.14. The van der Waals surface area contributed by atoms with Crippen molar-refractivity contribution in [2.75, 3.05) is 19.5 Å². The average Bonchev–Trinajstić information content (AvgIpc) is 3.03. The first-order valence-electron chi connectivity index (χ1n) is 6.80. The maximum Gasteiger partial charge on any atom is 0.187 e. The number of para-hydroxylation sites is 1. The zero-order valence-electron chi connectivity index (χ0n) is 12.4. The van der Waals surface area contributed by atoms with Crippen molar-refractivity contribution in [3.8, 4) is 22.8 Å². The largest absolute Gasteiger partial charge is 0.497 e. The van der Waals surface area contributed by atoms with E-state index in [2.05, 4.69) is 10.3 Å². The van der Waals surface area contributed by atoms with Crippen LogP contribution < -0.4 is 14.8 Å². The van der Waals surface area contributed by atoms with Gasteiger partial charge in [-0.2, -0.15) is 0 Å². The Kier molecular flexibility index (Phi) is 4.25. The highest BCUT2D eigenvalue weighted by molar-refractivity contribution is 7.14. The summed E-state index contributed by atoms with van der Waals surface area (Å²) >= 11 is 1.55. The van der Waals surface area contributed by atoms with Gasteiger partial charge in [-0.15, -0.1) is 11.3 Å². The van der Waals surface area contributed by atoms with Crippen LogP contribution in [0.4, 0.5) is 10.8 Å². The first-order valence-corrected chi connectivity index (χ1v) is 7.68. The Morgan fingerprint density at radius 2 is 1.86 bits per heavy atom. The summed E-state index contributed by atoms with van der Waals surface area (Å²) in [5.74, 6) is 1.63. The number of aromatic nitrogens is 1. The molecule has 5 heteroatoms. The standard InChI is InChI=1S/C17H16N2O2S/c1-20-13-7-5-6-12(10-13)18-17-19-15(11-22-17)14-8-3-4-9-16(14)21-2/h3-11H,1-2H3,(H,18,19). The van der Waals surface area contributed by atoms with Crippen LogP contribution >= 0.6 is 11.3 Å². The second-order valence-electron chi connectivity index (χ2n) is 4.60. The van der Waals surface area contributed by atoms with Crippen molar-refractivity contribution in [1.82, 2.24) is 4.98 Å². The molecule has 0 spiro atoms. The molecule has 0 aliphatic rings. The highest BCUT2D eigenvalue weighted by Gasteiger charge is 2.09. The van der Waals surface area contributed by atoms with Gasteiger partial charge in [0.25, 0.3) is 0 Å². The van der Waals surface area contributed by atoms with Crippen molar-refractivity contribution in [1.29, 1.82) is 0 Å². The maximum absolute atomic E-state index is 5.39. The van der Waals surface area contributed by atoms with Crippen molar-refractivity contribution >= 4 is 22.2 Å². The number of hydrogen-bond acceptors (Lipinski definition) is 5. The Morgan fingerprint density at radius 3 is 2.68 bits per heavy atom. The van der Waals surface area contributed by atoms with E-state index in [1.807, 2.05) is 53.9 Å². The molecule has 4 nitrogen and oxygen atoms in total. The van der Waals surface area contributed by atoms with Crippen molar-refractivity contribution in [2.24, 2.45) is 0 Å². The summed E-state index contributed by atoms with van der Waals surface area (Å²) < 4.78 is 10.6. The summed E-state index contributed by atoms with van der Waals surface area (Å²) in [6.07, 6.45) is 0. The third-order valence-corrected chi connectivity index (χ3v) is 3.97. The predicted octanol–water partition coefficient (Wildman–Crippen LogP) is 4.57. The number of nitrogens with one attached hydrogen (secondary N) is 1. The van der Waals surface area contributed by atoms with E-state index in [1.54, 1.807) is 25.6 Å². The van der Waals surface area contributed by atoms with Gasteiger partial charge in [0.15, 0.2) is 5.13 Å². The molecule has 0 aliphatic carbocycles. The average molecular weight is 312 g/mol. The van der Waals surface area contributed by atoms with Crippen molar-refractivity contribution in [3.63, 3.8) is 0 Å². The molecule has 1 N–H and O–H groups in total. The van der Waals surface area contributed by atoms with Gasteiger partial charge in [-0.3, -0.25) is 0 Å². The van der Waals surface area contributed by atoms with Crippen LogP contribution in [0.15, 0.2) is 53.9 Å². The number of nitrogens with zero attached hydrogens (tertiary/aromatic N) is 1. The number of methoxy groups -OCH3 is 2. The molecule has 0 fully saturated rings. The highest BCUT2D eigenvalue weighted by Crippen LogP contribution is 2.33. The smallest absolute Gasteiger partial charge is 0.187 e. The second kappa shape index (κ2) is 6.49. The van der Waals surface area contributed by atoms with Gasteiger partial charge < -0.3 is 14.8 Å². The Morgan fingerprint density at radius 1 is 1.00 bits per heavy atom. The zero-order chi connectivity index (χ0) is 15.4. The summed E-state index contributed by atoms with van der Waals surface area (Å²) in [6, 6.07) is 15.6. The number of benzene rings is 2. The quantitative estimate of drug-likeness (QED) is 0.749. The van der Waals surface area contributed by atoms with E-state index in [1.165, 1.54) is 0 Å². The molecule has 1 aromatic heterocycles. The van der Waals surface area contributed by atoms with E-state index in [4.69, 9.17) is 9.47 Å². The molecule has 0 unspecified atom stereocenters. The van der Waals surface area contributed by atoms with Gasteiger partial charge in [-0.05, 0) is 24.3 Å². The third kappa shape index (κ3) is 3.04. The molecule has 2 aromatic carbocycles. The molecular formula is C17H16N2O2S. The Hall–Kier alpha value is -2.53. The number of ether oxygens (including phenoxy) is 2. The molecule has 112 valence electrons. The molecule has 3 aromatic rings. The zero-order valence-corrected chi connectivity index (χ0v) is 13.2. The minimum absolute atomic E-state index is 0.812. The lowest BCUT2D eigenvalue weighted by molar-refractivity contribution is 0.415. The van der Waals surface area contributed by atoms with E-state index in [9.17, 15) is 0 Å². The van der Waals surface area contributed by atoms with E-state index >= 15 is 0 Å². The van der Waals surface area contributed by atoms with Crippen LogP contribution in [0.25, 0.3) is 11.3 Å². The maximum atomic E-state index is 5.39. The molecule has 0 amide bonds. The molecule has 0 saturated heterocycles. The lowest BCUT2D eigenvalue weighted by Gasteiger charge is -2.06. The molecule has 1 heterocycles. The normalized spacial score (nSPS) is 10.3. The molecule has 22 heavy (non-hydrogen) atoms. The van der Waals surface area contributed by atoms with Gasteiger partial charge in [-0.25, -0.2) is 4.98 Å². The molecule has 0 atom stereocenters. The fraction of sp³-hybridized carbons (Fsp3) is 0.118.